The summed E-state index contributed by atoms with van der Waals surface area (Å²) in [7, 11) is 3.18. The average molecular weight is 305 g/mol. The molecule has 0 bridgehead atoms. The molecular weight excluding hydrogens is 282 g/mol. The minimum Gasteiger partial charge on any atom is -0.497 e. The lowest BCUT2D eigenvalue weighted by atomic mass is 10.1. The highest BCUT2D eigenvalue weighted by atomic mass is 16.5. The Bertz CT molecular complexity index is 606. The highest BCUT2D eigenvalue weighted by Gasteiger charge is 2.15. The topological polar surface area (TPSA) is 79.4 Å². The zero-order valence-corrected chi connectivity index (χ0v) is 13.4. The van der Waals surface area contributed by atoms with E-state index in [1.165, 1.54) is 0 Å². The molecule has 1 aromatic carbocycles. The van der Waals surface area contributed by atoms with Crippen LogP contribution in [0.4, 0.5) is 0 Å². The molecule has 3 N–H and O–H groups in total. The molecule has 0 fully saturated rings. The molecule has 0 spiro atoms. The van der Waals surface area contributed by atoms with Crippen molar-refractivity contribution in [3.63, 3.8) is 0 Å². The van der Waals surface area contributed by atoms with Crippen molar-refractivity contribution in [3.8, 4) is 11.5 Å². The maximum Gasteiger partial charge on any atom is 0.124 e. The Kier molecular flexibility index (Phi) is 5.41. The van der Waals surface area contributed by atoms with E-state index in [0.29, 0.717) is 30.2 Å². The summed E-state index contributed by atoms with van der Waals surface area (Å²) >= 11 is 0. The van der Waals surface area contributed by atoms with E-state index in [0.717, 1.165) is 17.0 Å². The van der Waals surface area contributed by atoms with Crippen molar-refractivity contribution in [2.24, 2.45) is 0 Å². The molecule has 0 radical (unpaired) electrons. The van der Waals surface area contributed by atoms with E-state index in [-0.39, 0.29) is 0 Å². The van der Waals surface area contributed by atoms with Gasteiger partial charge in [-0.1, -0.05) is 0 Å². The Balaban J connectivity index is 2.01. The molecule has 0 unspecified atom stereocenters. The standard InChI is InChI=1S/C16H23N3O3/c1-10-14(11(2)19-18-10)8-17-9-15(20)13-7-12(21-3)5-6-16(13)22-4/h5-7,15,17,20H,8-9H2,1-4H3,(H,18,19)/t15-/m1/s1. The van der Waals surface area contributed by atoms with Gasteiger partial charge in [-0.3, -0.25) is 5.10 Å². The van der Waals surface area contributed by atoms with Gasteiger partial charge >= 0.3 is 0 Å². The smallest absolute Gasteiger partial charge is 0.124 e. The first-order chi connectivity index (χ1) is 10.6. The van der Waals surface area contributed by atoms with Crippen molar-refractivity contribution < 1.29 is 14.6 Å². The van der Waals surface area contributed by atoms with Crippen LogP contribution in [0.2, 0.25) is 0 Å². The van der Waals surface area contributed by atoms with E-state index in [2.05, 4.69) is 15.5 Å². The van der Waals surface area contributed by atoms with Gasteiger partial charge in [-0.15, -0.1) is 0 Å². The monoisotopic (exact) mass is 305 g/mol. The van der Waals surface area contributed by atoms with Crippen molar-refractivity contribution >= 4 is 0 Å². The number of aromatic nitrogens is 2. The lowest BCUT2D eigenvalue weighted by Gasteiger charge is -2.16. The van der Waals surface area contributed by atoms with Gasteiger partial charge in [0.25, 0.3) is 0 Å². The number of nitrogens with zero attached hydrogens (tertiary/aromatic N) is 1. The number of hydrogen-bond donors (Lipinski definition) is 3. The second-order valence-corrected chi connectivity index (χ2v) is 5.17. The number of aryl methyl sites for hydroxylation is 2. The lowest BCUT2D eigenvalue weighted by Crippen LogP contribution is -2.22. The Labute approximate surface area is 130 Å². The van der Waals surface area contributed by atoms with Gasteiger partial charge in [-0.25, -0.2) is 0 Å². The van der Waals surface area contributed by atoms with E-state index >= 15 is 0 Å². The molecule has 1 aromatic heterocycles. The highest BCUT2D eigenvalue weighted by Crippen LogP contribution is 2.29. The number of rotatable bonds is 7. The molecular formula is C16H23N3O3. The van der Waals surface area contributed by atoms with Crippen LogP contribution in [-0.4, -0.2) is 36.1 Å². The summed E-state index contributed by atoms with van der Waals surface area (Å²) in [6.07, 6.45) is -0.683. The number of aliphatic hydroxyl groups is 1. The fourth-order valence-electron chi connectivity index (χ4n) is 2.38. The van der Waals surface area contributed by atoms with Crippen LogP contribution in [0.25, 0.3) is 0 Å². The Morgan fingerprint density at radius 1 is 1.27 bits per heavy atom. The molecule has 0 aliphatic carbocycles. The van der Waals surface area contributed by atoms with Gasteiger partial charge < -0.3 is 19.9 Å². The Morgan fingerprint density at radius 3 is 2.64 bits per heavy atom. The predicted molar refractivity (Wildman–Crippen MR) is 84.3 cm³/mol. The van der Waals surface area contributed by atoms with Crippen LogP contribution in [-0.2, 0) is 6.54 Å². The minimum atomic E-state index is -0.683. The molecule has 0 saturated heterocycles. The normalized spacial score (nSPS) is 12.2. The van der Waals surface area contributed by atoms with Gasteiger partial charge in [0.05, 0.1) is 26.0 Å². The third-order valence-corrected chi connectivity index (χ3v) is 3.72. The van der Waals surface area contributed by atoms with Gasteiger partial charge in [0.15, 0.2) is 0 Å². The van der Waals surface area contributed by atoms with Gasteiger partial charge in [-0.2, -0.15) is 5.10 Å². The quantitative estimate of drug-likeness (QED) is 0.728. The van der Waals surface area contributed by atoms with E-state index < -0.39 is 6.10 Å². The SMILES string of the molecule is COc1ccc(OC)c([C@H](O)CNCc2c(C)n[nH]c2C)c1. The first-order valence-corrected chi connectivity index (χ1v) is 7.18. The van der Waals surface area contributed by atoms with Crippen LogP contribution in [0, 0.1) is 13.8 Å². The number of benzene rings is 1. The van der Waals surface area contributed by atoms with Crippen molar-refractivity contribution in [2.75, 3.05) is 20.8 Å². The second kappa shape index (κ2) is 7.29. The molecule has 6 nitrogen and oxygen atoms in total. The van der Waals surface area contributed by atoms with E-state index in [9.17, 15) is 5.11 Å². The maximum absolute atomic E-state index is 10.4. The van der Waals surface area contributed by atoms with Crippen molar-refractivity contribution in [1.82, 2.24) is 15.5 Å². The van der Waals surface area contributed by atoms with E-state index in [1.807, 2.05) is 13.8 Å². The first-order valence-electron chi connectivity index (χ1n) is 7.18. The highest BCUT2D eigenvalue weighted by molar-refractivity contribution is 5.41. The summed E-state index contributed by atoms with van der Waals surface area (Å²) in [6, 6.07) is 5.39. The molecule has 0 aliphatic heterocycles. The largest absolute Gasteiger partial charge is 0.497 e. The van der Waals surface area contributed by atoms with Crippen molar-refractivity contribution in [2.45, 2.75) is 26.5 Å². The fourth-order valence-corrected chi connectivity index (χ4v) is 2.38. The molecule has 22 heavy (non-hydrogen) atoms. The van der Waals surface area contributed by atoms with Crippen LogP contribution in [0.3, 0.4) is 0 Å². The Morgan fingerprint density at radius 2 is 2.05 bits per heavy atom. The predicted octanol–water partition coefficient (Wildman–Crippen LogP) is 1.87. The van der Waals surface area contributed by atoms with Crippen LogP contribution in [0.15, 0.2) is 18.2 Å². The van der Waals surface area contributed by atoms with Crippen LogP contribution >= 0.6 is 0 Å². The van der Waals surface area contributed by atoms with E-state index in [4.69, 9.17) is 9.47 Å². The fraction of sp³-hybridized carbons (Fsp3) is 0.438. The van der Waals surface area contributed by atoms with Gasteiger partial charge in [0.1, 0.15) is 11.5 Å². The third-order valence-electron chi connectivity index (χ3n) is 3.72. The average Bonchev–Trinajstić information content (AvgIpc) is 2.85. The van der Waals surface area contributed by atoms with Gasteiger partial charge in [0.2, 0.25) is 0 Å². The van der Waals surface area contributed by atoms with Crippen LogP contribution in [0.1, 0.15) is 28.6 Å². The molecule has 1 atom stereocenters. The van der Waals surface area contributed by atoms with Crippen LogP contribution in [0.5, 0.6) is 11.5 Å². The number of methoxy groups -OCH3 is 2. The molecule has 1 heterocycles. The zero-order valence-electron chi connectivity index (χ0n) is 13.4. The summed E-state index contributed by atoms with van der Waals surface area (Å²) in [5, 5.41) is 20.8. The lowest BCUT2D eigenvalue weighted by molar-refractivity contribution is 0.169. The third kappa shape index (κ3) is 3.58. The molecule has 2 rings (SSSR count). The maximum atomic E-state index is 10.4. The van der Waals surface area contributed by atoms with Crippen molar-refractivity contribution in [3.05, 3.63) is 40.7 Å². The molecule has 120 valence electrons. The molecule has 0 saturated carbocycles. The molecule has 2 aromatic rings. The van der Waals surface area contributed by atoms with Crippen LogP contribution < -0.4 is 14.8 Å². The Hall–Kier alpha value is -2.05. The number of nitrogens with one attached hydrogen (secondary N) is 2. The number of aromatic amines is 1. The zero-order chi connectivity index (χ0) is 16.1. The van der Waals surface area contributed by atoms with Gasteiger partial charge in [-0.05, 0) is 32.0 Å². The summed E-state index contributed by atoms with van der Waals surface area (Å²) in [4.78, 5) is 0. The number of aliphatic hydroxyl groups excluding tert-OH is 1. The minimum absolute atomic E-state index is 0.410. The molecule has 0 aliphatic rings. The summed E-state index contributed by atoms with van der Waals surface area (Å²) < 4.78 is 10.5. The summed E-state index contributed by atoms with van der Waals surface area (Å²) in [5.41, 5.74) is 3.84. The second-order valence-electron chi connectivity index (χ2n) is 5.17. The molecule has 0 amide bonds. The molecule has 6 heteroatoms. The summed E-state index contributed by atoms with van der Waals surface area (Å²) in [5.74, 6) is 1.34. The van der Waals surface area contributed by atoms with E-state index in [1.54, 1.807) is 32.4 Å². The van der Waals surface area contributed by atoms with Gasteiger partial charge in [0, 0.05) is 29.9 Å². The van der Waals surface area contributed by atoms with Crippen molar-refractivity contribution in [1.29, 1.82) is 0 Å². The summed E-state index contributed by atoms with van der Waals surface area (Å²) in [6.45, 7) is 5.01. The number of hydrogen-bond acceptors (Lipinski definition) is 5. The number of H-pyrrole nitrogens is 1. The number of ether oxygens (including phenoxy) is 2. The first kappa shape index (κ1) is 16.3.